The zero-order valence-electron chi connectivity index (χ0n) is 55.2. The number of aryl methyl sites for hydroxylation is 1. The van der Waals surface area contributed by atoms with Crippen molar-refractivity contribution < 1.29 is 65.9 Å². The largest absolute Gasteiger partial charge is 0.417 e. The molecule has 2 heterocycles. The Kier molecular flexibility index (Phi) is 26.6. The van der Waals surface area contributed by atoms with Gasteiger partial charge < -0.3 is 55.6 Å². The van der Waals surface area contributed by atoms with Crippen LogP contribution in [0.2, 0.25) is 5.02 Å². The predicted octanol–water partition coefficient (Wildman–Crippen LogP) is 4.31. The van der Waals surface area contributed by atoms with Crippen LogP contribution in [-0.2, 0) is 71.8 Å². The monoisotopic (exact) mass is 1310 g/mol. The Labute approximate surface area is 542 Å². The van der Waals surface area contributed by atoms with Crippen LogP contribution >= 0.6 is 11.6 Å². The molecule has 92 heavy (non-hydrogen) atoms. The number of nitrogens with zero attached hydrogens (tertiary/aromatic N) is 8. The minimum atomic E-state index is -4.77. The molecule has 5 rings (SSSR count). The van der Waals surface area contributed by atoms with Crippen molar-refractivity contribution in [3.05, 3.63) is 69.7 Å². The molecule has 2 aromatic rings. The van der Waals surface area contributed by atoms with Gasteiger partial charge in [-0.25, -0.2) is 0 Å². The summed E-state index contributed by atoms with van der Waals surface area (Å²) in [7, 11) is 8.20. The quantitative estimate of drug-likeness (QED) is 0.259. The van der Waals surface area contributed by atoms with Gasteiger partial charge in [0.1, 0.15) is 41.8 Å². The topological polar surface area (TPSA) is 282 Å². The number of benzene rings is 2. The molecule has 27 heteroatoms. The summed E-state index contributed by atoms with van der Waals surface area (Å²) in [4.78, 5) is 168. The van der Waals surface area contributed by atoms with Gasteiger partial charge in [0.15, 0.2) is 0 Å². The highest BCUT2D eigenvalue weighted by molar-refractivity contribution is 6.31. The second-order valence-electron chi connectivity index (χ2n) is 25.9. The molecule has 3 aliphatic rings. The van der Waals surface area contributed by atoms with Crippen LogP contribution in [0.25, 0.3) is 0 Å². The van der Waals surface area contributed by atoms with Crippen LogP contribution in [-0.4, -0.2) is 216 Å². The van der Waals surface area contributed by atoms with E-state index in [0.29, 0.717) is 31.2 Å². The molecule has 4 N–H and O–H groups in total. The van der Waals surface area contributed by atoms with Gasteiger partial charge in [-0.05, 0) is 105 Å². The van der Waals surface area contributed by atoms with Crippen molar-refractivity contribution in [3.8, 4) is 6.07 Å². The van der Waals surface area contributed by atoms with Crippen LogP contribution in [0.5, 0.6) is 0 Å². The Morgan fingerprint density at radius 1 is 0.696 bits per heavy atom. The summed E-state index contributed by atoms with van der Waals surface area (Å²) in [6, 6.07) is 3.18. The van der Waals surface area contributed by atoms with Crippen molar-refractivity contribution in [1.29, 1.82) is 5.26 Å². The van der Waals surface area contributed by atoms with E-state index in [0.717, 1.165) is 31.7 Å². The number of nitriles is 1. The number of carbonyl (C=O) groups excluding carboxylic acids is 11. The number of hydrogen-bond acceptors (Lipinski definition) is 12. The fourth-order valence-corrected chi connectivity index (χ4v) is 12.6. The molecule has 1 spiro atoms. The van der Waals surface area contributed by atoms with Crippen molar-refractivity contribution in [2.24, 2.45) is 17.8 Å². The molecule has 8 atom stereocenters. The van der Waals surface area contributed by atoms with Crippen LogP contribution in [0.4, 0.5) is 13.2 Å². The number of likely N-dealkylation sites (N-methyl/N-ethyl adjacent to an activating group) is 6. The van der Waals surface area contributed by atoms with E-state index in [9.17, 15) is 71.2 Å². The molecule has 3 fully saturated rings. The number of hydrogen-bond donors (Lipinski definition) is 4. The van der Waals surface area contributed by atoms with Gasteiger partial charge >= 0.3 is 6.18 Å². The molecule has 0 unspecified atom stereocenters. The first kappa shape index (κ1) is 74.9. The molecule has 0 bridgehead atoms. The summed E-state index contributed by atoms with van der Waals surface area (Å²) in [6.07, 6.45) is -3.08. The van der Waals surface area contributed by atoms with Crippen LogP contribution in [0.1, 0.15) is 135 Å². The van der Waals surface area contributed by atoms with Gasteiger partial charge in [-0.2, -0.15) is 18.4 Å². The smallest absolute Gasteiger partial charge is 0.351 e. The van der Waals surface area contributed by atoms with Crippen molar-refractivity contribution in [3.63, 3.8) is 0 Å². The van der Waals surface area contributed by atoms with Gasteiger partial charge in [-0.1, -0.05) is 90.6 Å². The lowest BCUT2D eigenvalue weighted by Crippen LogP contribution is -2.64. The van der Waals surface area contributed by atoms with E-state index in [2.05, 4.69) is 21.3 Å². The van der Waals surface area contributed by atoms with Crippen molar-refractivity contribution in [2.75, 3.05) is 68.5 Å². The zero-order chi connectivity index (χ0) is 68.9. The lowest BCUT2D eigenvalue weighted by molar-refractivity contribution is -0.149. The molecular weight excluding hydrogens is 1220 g/mol. The SMILES string of the molecule is CC[C@H](C)[C@@H]1NC(=O)[C@H](CC(C)C)N(C)C(=O)C[C@@H](C)NC(=O)[C@H](C(C)C)N(C)C(=O)C2(CCCC2)NC(=O)[C@@H]2CCCN2C(=O)[C@H](CCc2ccc(C(F)(F)F)c(Cl)c2)NC(=O)CN(C)C(=O)[C@H](Cc2cccc(C#N)c2)N(C)C(=O)CN(C)C(=O)CN(C)C1=O. The predicted molar refractivity (Wildman–Crippen MR) is 336 cm³/mol. The average molecular weight is 1310 g/mol. The molecule has 0 aromatic heterocycles. The van der Waals surface area contributed by atoms with Gasteiger partial charge in [-0.3, -0.25) is 52.7 Å². The van der Waals surface area contributed by atoms with Crippen LogP contribution in [0, 0.1) is 29.1 Å². The molecule has 11 amide bonds. The zero-order valence-corrected chi connectivity index (χ0v) is 56.0. The molecule has 23 nitrogen and oxygen atoms in total. The maximum atomic E-state index is 15.0. The molecule has 2 saturated heterocycles. The third-order valence-corrected chi connectivity index (χ3v) is 18.2. The fraction of sp³-hybridized carbons (Fsp3) is 0.631. The number of halogens is 4. The number of alkyl halides is 3. The van der Waals surface area contributed by atoms with E-state index in [-0.39, 0.29) is 75.0 Å². The fourth-order valence-electron chi connectivity index (χ4n) is 12.3. The lowest BCUT2D eigenvalue weighted by Gasteiger charge is -2.39. The van der Waals surface area contributed by atoms with Crippen LogP contribution in [0.15, 0.2) is 42.5 Å². The van der Waals surface area contributed by atoms with E-state index in [1.54, 1.807) is 45.9 Å². The highest BCUT2D eigenvalue weighted by Gasteiger charge is 2.49. The summed E-state index contributed by atoms with van der Waals surface area (Å²) in [5.74, 6) is -8.56. The maximum absolute atomic E-state index is 15.0. The Morgan fingerprint density at radius 3 is 1.92 bits per heavy atom. The number of nitrogens with one attached hydrogen (secondary N) is 4. The van der Waals surface area contributed by atoms with Crippen molar-refractivity contribution in [2.45, 2.75) is 180 Å². The normalized spacial score (nSPS) is 24.7. The van der Waals surface area contributed by atoms with Gasteiger partial charge in [0.2, 0.25) is 65.0 Å². The first-order chi connectivity index (χ1) is 43.0. The second-order valence-corrected chi connectivity index (χ2v) is 26.3. The molecule has 0 radical (unpaired) electrons. The highest BCUT2D eigenvalue weighted by Crippen LogP contribution is 2.36. The van der Waals surface area contributed by atoms with Gasteiger partial charge in [0.05, 0.1) is 41.9 Å². The molecule has 506 valence electrons. The van der Waals surface area contributed by atoms with Crippen molar-refractivity contribution >= 4 is 76.6 Å². The number of fused-ring (bicyclic) bond motifs is 1. The van der Waals surface area contributed by atoms with Crippen molar-refractivity contribution in [1.82, 2.24) is 55.6 Å². The van der Waals surface area contributed by atoms with E-state index in [4.69, 9.17) is 11.6 Å². The summed E-state index contributed by atoms with van der Waals surface area (Å²) >= 11 is 6.10. The third kappa shape index (κ3) is 19.1. The van der Waals surface area contributed by atoms with E-state index in [1.165, 1.54) is 69.1 Å². The molecule has 2 aliphatic heterocycles. The summed E-state index contributed by atoms with van der Waals surface area (Å²) in [6.45, 7) is 10.5. The number of carbonyl (C=O) groups is 11. The standard InChI is InChI=1S/C65H92ClF3N12O11/c1-14-40(6)55-62(91)77(10)36-53(84)75(8)37-54(85)79(12)50(33-43-19-17-20-44(31-43)34-70)61(90)76(9)35-51(82)72-47(25-23-42-22-24-45(46(66)32-42)65(67,68)69)60(89)81-28-18-21-48(81)58(87)74-64(26-15-16-27-64)63(92)80(13)56(39(4)5)59(88)71-41(7)30-52(83)78(11)49(29-38(2)3)57(86)73-55/h17,19-20,22,24,31-32,38-41,47-50,55-56H,14-16,18,21,23,25-30,33,35-37H2,1-13H3,(H,71,88)(H,72,82)(H,73,86)(H,74,87)/t40-,41+,47-,48-,49-,50-,55-,56-/m0/s1. The minimum Gasteiger partial charge on any atom is -0.351 e. The van der Waals surface area contributed by atoms with Gasteiger partial charge in [0, 0.05) is 67.7 Å². The Morgan fingerprint density at radius 2 is 1.33 bits per heavy atom. The van der Waals surface area contributed by atoms with E-state index in [1.807, 2.05) is 26.8 Å². The number of amides is 11. The summed E-state index contributed by atoms with van der Waals surface area (Å²) < 4.78 is 41.3. The summed E-state index contributed by atoms with van der Waals surface area (Å²) in [5, 5.41) is 20.6. The van der Waals surface area contributed by atoms with E-state index < -0.39 is 161 Å². The maximum Gasteiger partial charge on any atom is 0.417 e. The lowest BCUT2D eigenvalue weighted by atomic mass is 9.92. The molecular formula is C65H92ClF3N12O11. The number of rotatable bonds is 10. The Balaban J connectivity index is 1.57. The third-order valence-electron chi connectivity index (χ3n) is 17.8. The first-order valence-corrected chi connectivity index (χ1v) is 31.8. The Bertz CT molecular complexity index is 3100. The molecule has 1 saturated carbocycles. The second kappa shape index (κ2) is 32.6. The average Bonchev–Trinajstić information content (AvgIpc) is 1.54. The van der Waals surface area contributed by atoms with E-state index >= 15 is 0 Å². The molecule has 1 aliphatic carbocycles. The van der Waals surface area contributed by atoms with Crippen LogP contribution in [0.3, 0.4) is 0 Å². The minimum absolute atomic E-state index is 0.0235. The Hall–Kier alpha value is -7.82. The molecule has 2 aromatic carbocycles. The van der Waals surface area contributed by atoms with Crippen LogP contribution < -0.4 is 21.3 Å². The van der Waals surface area contributed by atoms with Gasteiger partial charge in [-0.15, -0.1) is 0 Å². The summed E-state index contributed by atoms with van der Waals surface area (Å²) in [5.41, 5.74) is -1.64. The highest BCUT2D eigenvalue weighted by atomic mass is 35.5. The van der Waals surface area contributed by atoms with Gasteiger partial charge in [0.25, 0.3) is 0 Å². The first-order valence-electron chi connectivity index (χ1n) is 31.5.